The number of rotatable bonds is 5. The minimum atomic E-state index is -0.311. The van der Waals surface area contributed by atoms with Gasteiger partial charge in [-0.1, -0.05) is 60.7 Å². The molecule has 138 valence electrons. The zero-order chi connectivity index (χ0) is 19.5. The second kappa shape index (κ2) is 7.40. The van der Waals surface area contributed by atoms with Gasteiger partial charge in [-0.3, -0.25) is 10.1 Å². The molecule has 0 spiro atoms. The molecule has 0 fully saturated rings. The van der Waals surface area contributed by atoms with E-state index in [2.05, 4.69) is 4.98 Å². The van der Waals surface area contributed by atoms with Crippen molar-refractivity contribution in [3.8, 4) is 39.4 Å². The zero-order valence-electron chi connectivity index (χ0n) is 15.3. The Kier molecular flexibility index (Phi) is 4.64. The molecule has 0 saturated heterocycles. The first-order chi connectivity index (χ1) is 13.7. The molecular weight excluding hydrogens is 352 g/mol. The summed E-state index contributed by atoms with van der Waals surface area (Å²) in [7, 11) is 1.61. The van der Waals surface area contributed by atoms with Crippen molar-refractivity contribution in [1.82, 2.24) is 4.98 Å². The molecule has 3 aromatic carbocycles. The van der Waals surface area contributed by atoms with E-state index in [1.54, 1.807) is 7.11 Å². The predicted molar refractivity (Wildman–Crippen MR) is 110 cm³/mol. The van der Waals surface area contributed by atoms with E-state index >= 15 is 0 Å². The van der Waals surface area contributed by atoms with E-state index in [1.165, 1.54) is 0 Å². The fourth-order valence-electron chi connectivity index (χ4n) is 3.35. The normalized spacial score (nSPS) is 10.6. The average Bonchev–Trinajstić information content (AvgIpc) is 3.16. The Bertz CT molecular complexity index is 1100. The molecule has 0 unspecified atom stereocenters. The third-order valence-corrected chi connectivity index (χ3v) is 4.66. The van der Waals surface area contributed by atoms with Gasteiger partial charge in [0.2, 0.25) is 0 Å². The molecule has 0 aliphatic heterocycles. The summed E-state index contributed by atoms with van der Waals surface area (Å²) in [5.41, 5.74) is 4.27. The van der Waals surface area contributed by atoms with Crippen molar-refractivity contribution in [2.75, 3.05) is 7.11 Å². The number of aromatic amines is 1. The van der Waals surface area contributed by atoms with Gasteiger partial charge in [-0.2, -0.15) is 0 Å². The monoisotopic (exact) mass is 370 g/mol. The Labute approximate surface area is 162 Å². The van der Waals surface area contributed by atoms with Gasteiger partial charge < -0.3 is 9.72 Å². The summed E-state index contributed by atoms with van der Waals surface area (Å²) < 4.78 is 5.24. The van der Waals surface area contributed by atoms with Gasteiger partial charge in [-0.05, 0) is 35.4 Å². The quantitative estimate of drug-likeness (QED) is 0.349. The van der Waals surface area contributed by atoms with E-state index in [0.717, 1.165) is 22.4 Å². The van der Waals surface area contributed by atoms with Crippen molar-refractivity contribution in [3.05, 3.63) is 95.0 Å². The molecular formula is C23H18N2O3. The lowest BCUT2D eigenvalue weighted by Crippen LogP contribution is -1.92. The van der Waals surface area contributed by atoms with Crippen molar-refractivity contribution < 1.29 is 9.66 Å². The first-order valence-electron chi connectivity index (χ1n) is 8.84. The molecule has 1 aromatic heterocycles. The number of nitrogens with one attached hydrogen (secondary N) is 1. The number of aromatic nitrogens is 1. The van der Waals surface area contributed by atoms with Crippen LogP contribution in [0.1, 0.15) is 0 Å². The summed E-state index contributed by atoms with van der Waals surface area (Å²) in [5, 5.41) is 12.1. The summed E-state index contributed by atoms with van der Waals surface area (Å²) in [6.45, 7) is 0. The van der Waals surface area contributed by atoms with E-state index in [9.17, 15) is 10.1 Å². The summed E-state index contributed by atoms with van der Waals surface area (Å²) >= 11 is 0. The van der Waals surface area contributed by atoms with E-state index in [4.69, 9.17) is 4.74 Å². The standard InChI is InChI=1S/C23H18N2O3/c1-28-19-14-12-18(13-15-19)21-20(16-8-4-2-5-9-16)23(25(26)27)22(24-21)17-10-6-3-7-11-17/h2-15,24H,1H3. The van der Waals surface area contributed by atoms with Crippen LogP contribution in [0, 0.1) is 10.1 Å². The van der Waals surface area contributed by atoms with Crippen molar-refractivity contribution in [3.63, 3.8) is 0 Å². The third-order valence-electron chi connectivity index (χ3n) is 4.66. The average molecular weight is 370 g/mol. The van der Waals surface area contributed by atoms with Crippen LogP contribution in [-0.4, -0.2) is 17.0 Å². The maximum absolute atomic E-state index is 12.1. The molecule has 5 heteroatoms. The lowest BCUT2D eigenvalue weighted by molar-refractivity contribution is -0.383. The van der Waals surface area contributed by atoms with E-state index in [1.807, 2.05) is 84.9 Å². The zero-order valence-corrected chi connectivity index (χ0v) is 15.3. The van der Waals surface area contributed by atoms with Gasteiger partial charge in [-0.25, -0.2) is 0 Å². The fourth-order valence-corrected chi connectivity index (χ4v) is 3.35. The highest BCUT2D eigenvalue weighted by molar-refractivity contribution is 5.95. The molecule has 0 aliphatic rings. The third kappa shape index (κ3) is 3.14. The van der Waals surface area contributed by atoms with Crippen LogP contribution in [0.3, 0.4) is 0 Å². The first-order valence-corrected chi connectivity index (χ1v) is 8.84. The van der Waals surface area contributed by atoms with Crippen LogP contribution in [0.15, 0.2) is 84.9 Å². The number of methoxy groups -OCH3 is 1. The SMILES string of the molecule is COc1ccc(-c2[nH]c(-c3ccccc3)c([N+](=O)[O-])c2-c2ccccc2)cc1. The molecule has 0 atom stereocenters. The molecule has 28 heavy (non-hydrogen) atoms. The van der Waals surface area contributed by atoms with Crippen molar-refractivity contribution in [2.24, 2.45) is 0 Å². The van der Waals surface area contributed by atoms with E-state index < -0.39 is 0 Å². The van der Waals surface area contributed by atoms with Crippen LogP contribution in [0.2, 0.25) is 0 Å². The number of hydrogen-bond donors (Lipinski definition) is 1. The highest BCUT2D eigenvalue weighted by atomic mass is 16.6. The molecule has 1 heterocycles. The molecule has 0 radical (unpaired) electrons. The van der Waals surface area contributed by atoms with Gasteiger partial charge in [0.05, 0.1) is 23.3 Å². The molecule has 4 aromatic rings. The van der Waals surface area contributed by atoms with Crippen LogP contribution < -0.4 is 4.74 Å². The molecule has 0 saturated carbocycles. The highest BCUT2D eigenvalue weighted by Crippen LogP contribution is 2.45. The van der Waals surface area contributed by atoms with Crippen molar-refractivity contribution in [2.45, 2.75) is 0 Å². The van der Waals surface area contributed by atoms with Gasteiger partial charge in [0.25, 0.3) is 0 Å². The van der Waals surface area contributed by atoms with E-state index in [0.29, 0.717) is 17.0 Å². The number of nitro groups is 1. The summed E-state index contributed by atoms with van der Waals surface area (Å²) in [4.78, 5) is 15.1. The Morgan fingerprint density at radius 3 is 1.82 bits per heavy atom. The Morgan fingerprint density at radius 1 is 0.750 bits per heavy atom. The summed E-state index contributed by atoms with van der Waals surface area (Å²) in [6, 6.07) is 26.3. The first kappa shape index (κ1) is 17.5. The minimum Gasteiger partial charge on any atom is -0.497 e. The largest absolute Gasteiger partial charge is 0.497 e. The Balaban J connectivity index is 2.02. The lowest BCUT2D eigenvalue weighted by atomic mass is 9.99. The Hall–Kier alpha value is -3.86. The maximum Gasteiger partial charge on any atom is 0.303 e. The van der Waals surface area contributed by atoms with Gasteiger partial charge >= 0.3 is 5.69 Å². The van der Waals surface area contributed by atoms with Gasteiger partial charge in [0.1, 0.15) is 11.4 Å². The second-order valence-corrected chi connectivity index (χ2v) is 6.32. The molecule has 4 rings (SSSR count). The van der Waals surface area contributed by atoms with Crippen molar-refractivity contribution in [1.29, 1.82) is 0 Å². The smallest absolute Gasteiger partial charge is 0.303 e. The summed E-state index contributed by atoms with van der Waals surface area (Å²) in [5.74, 6) is 0.731. The molecule has 0 aliphatic carbocycles. The molecule has 5 nitrogen and oxygen atoms in total. The number of H-pyrrole nitrogens is 1. The molecule has 1 N–H and O–H groups in total. The summed E-state index contributed by atoms with van der Waals surface area (Å²) in [6.07, 6.45) is 0. The van der Waals surface area contributed by atoms with Crippen molar-refractivity contribution >= 4 is 5.69 Å². The topological polar surface area (TPSA) is 68.2 Å². The van der Waals surface area contributed by atoms with Crippen LogP contribution in [0.5, 0.6) is 5.75 Å². The van der Waals surface area contributed by atoms with Gasteiger partial charge in [0.15, 0.2) is 0 Å². The molecule has 0 bridgehead atoms. The highest BCUT2D eigenvalue weighted by Gasteiger charge is 2.29. The predicted octanol–water partition coefficient (Wildman–Crippen LogP) is 5.93. The molecule has 0 amide bonds. The second-order valence-electron chi connectivity index (χ2n) is 6.32. The number of ether oxygens (including phenoxy) is 1. The van der Waals surface area contributed by atoms with Gasteiger partial charge in [-0.15, -0.1) is 0 Å². The minimum absolute atomic E-state index is 0.0724. The fraction of sp³-hybridized carbons (Fsp3) is 0.0435. The van der Waals surface area contributed by atoms with Crippen LogP contribution in [-0.2, 0) is 0 Å². The lowest BCUT2D eigenvalue weighted by Gasteiger charge is -2.06. The van der Waals surface area contributed by atoms with Crippen LogP contribution in [0.4, 0.5) is 5.69 Å². The Morgan fingerprint density at radius 2 is 1.29 bits per heavy atom. The number of hydrogen-bond acceptors (Lipinski definition) is 3. The van der Waals surface area contributed by atoms with Crippen LogP contribution in [0.25, 0.3) is 33.6 Å². The van der Waals surface area contributed by atoms with E-state index in [-0.39, 0.29) is 10.6 Å². The number of benzene rings is 3. The number of nitrogens with zero attached hydrogens (tertiary/aromatic N) is 1. The maximum atomic E-state index is 12.1. The van der Waals surface area contributed by atoms with Crippen LogP contribution >= 0.6 is 0 Å². The van der Waals surface area contributed by atoms with Gasteiger partial charge in [0, 0.05) is 5.56 Å².